The lowest BCUT2D eigenvalue weighted by molar-refractivity contribution is 0.178. The SMILES string of the molecule is CC(C)c1ccc(CC(O)c2cc(F)cc(Cl)c2)cc1. The van der Waals surface area contributed by atoms with E-state index in [1.165, 1.54) is 17.7 Å². The summed E-state index contributed by atoms with van der Waals surface area (Å²) in [5, 5.41) is 10.5. The maximum absolute atomic E-state index is 13.3. The van der Waals surface area contributed by atoms with Gasteiger partial charge in [-0.15, -0.1) is 0 Å². The van der Waals surface area contributed by atoms with E-state index < -0.39 is 11.9 Å². The van der Waals surface area contributed by atoms with E-state index >= 15 is 0 Å². The van der Waals surface area contributed by atoms with Crippen molar-refractivity contribution in [3.63, 3.8) is 0 Å². The highest BCUT2D eigenvalue weighted by atomic mass is 35.5. The third-order valence-corrected chi connectivity index (χ3v) is 3.56. The molecule has 3 heteroatoms. The first-order valence-electron chi connectivity index (χ1n) is 6.68. The van der Waals surface area contributed by atoms with Gasteiger partial charge in [-0.25, -0.2) is 4.39 Å². The maximum Gasteiger partial charge on any atom is 0.125 e. The third-order valence-electron chi connectivity index (χ3n) is 3.35. The number of hydrogen-bond donors (Lipinski definition) is 1. The number of benzene rings is 2. The predicted octanol–water partition coefficient (Wildman–Crippen LogP) is 4.88. The quantitative estimate of drug-likeness (QED) is 0.851. The first-order valence-corrected chi connectivity index (χ1v) is 7.06. The molecule has 1 N–H and O–H groups in total. The van der Waals surface area contributed by atoms with Crippen molar-refractivity contribution in [1.29, 1.82) is 0 Å². The molecule has 0 aliphatic rings. The monoisotopic (exact) mass is 292 g/mol. The van der Waals surface area contributed by atoms with E-state index in [-0.39, 0.29) is 0 Å². The molecule has 0 aliphatic carbocycles. The molecule has 0 bridgehead atoms. The van der Waals surface area contributed by atoms with Gasteiger partial charge in [0.25, 0.3) is 0 Å². The summed E-state index contributed by atoms with van der Waals surface area (Å²) in [6.07, 6.45) is -0.314. The molecular weight excluding hydrogens is 275 g/mol. The van der Waals surface area contributed by atoms with Gasteiger partial charge in [0, 0.05) is 11.4 Å². The Labute approximate surface area is 124 Å². The molecule has 2 rings (SSSR count). The Hall–Kier alpha value is -1.38. The van der Waals surface area contributed by atoms with Crippen molar-refractivity contribution >= 4 is 11.6 Å². The lowest BCUT2D eigenvalue weighted by atomic mass is 9.97. The molecule has 0 amide bonds. The van der Waals surface area contributed by atoms with Crippen LogP contribution in [0.3, 0.4) is 0 Å². The second kappa shape index (κ2) is 6.38. The van der Waals surface area contributed by atoms with E-state index in [0.29, 0.717) is 22.9 Å². The number of hydrogen-bond acceptors (Lipinski definition) is 1. The zero-order valence-electron chi connectivity index (χ0n) is 11.6. The first-order chi connectivity index (χ1) is 9.45. The molecule has 2 aromatic carbocycles. The molecule has 0 heterocycles. The summed E-state index contributed by atoms with van der Waals surface area (Å²) in [6, 6.07) is 12.3. The van der Waals surface area contributed by atoms with Gasteiger partial charge >= 0.3 is 0 Å². The first kappa shape index (κ1) is 15.0. The molecule has 20 heavy (non-hydrogen) atoms. The lowest BCUT2D eigenvalue weighted by Gasteiger charge is -2.13. The number of rotatable bonds is 4. The number of halogens is 2. The lowest BCUT2D eigenvalue weighted by Crippen LogP contribution is -2.02. The second-order valence-corrected chi connectivity index (χ2v) is 5.76. The third kappa shape index (κ3) is 3.81. The van der Waals surface area contributed by atoms with Crippen molar-refractivity contribution in [3.05, 3.63) is 70.0 Å². The van der Waals surface area contributed by atoms with Gasteiger partial charge in [-0.3, -0.25) is 0 Å². The molecular formula is C17H18ClFO. The predicted molar refractivity (Wildman–Crippen MR) is 80.6 cm³/mol. The van der Waals surface area contributed by atoms with Crippen molar-refractivity contribution in [2.45, 2.75) is 32.3 Å². The van der Waals surface area contributed by atoms with Crippen molar-refractivity contribution < 1.29 is 9.50 Å². The average molecular weight is 293 g/mol. The van der Waals surface area contributed by atoms with Crippen LogP contribution in [0.4, 0.5) is 4.39 Å². The topological polar surface area (TPSA) is 20.2 Å². The van der Waals surface area contributed by atoms with Crippen LogP contribution in [0.5, 0.6) is 0 Å². The zero-order chi connectivity index (χ0) is 14.7. The minimum Gasteiger partial charge on any atom is -0.388 e. The second-order valence-electron chi connectivity index (χ2n) is 5.32. The van der Waals surface area contributed by atoms with Crippen LogP contribution in [0.15, 0.2) is 42.5 Å². The van der Waals surface area contributed by atoms with Crippen LogP contribution in [-0.4, -0.2) is 5.11 Å². The molecule has 1 nitrogen and oxygen atoms in total. The van der Waals surface area contributed by atoms with Gasteiger partial charge < -0.3 is 5.11 Å². The molecule has 1 atom stereocenters. The normalized spacial score (nSPS) is 12.7. The molecule has 0 aliphatic heterocycles. The smallest absolute Gasteiger partial charge is 0.125 e. The summed E-state index contributed by atoms with van der Waals surface area (Å²) in [5.41, 5.74) is 2.78. The summed E-state index contributed by atoms with van der Waals surface area (Å²) in [6.45, 7) is 4.27. The van der Waals surface area contributed by atoms with Crippen LogP contribution >= 0.6 is 11.6 Å². The van der Waals surface area contributed by atoms with Gasteiger partial charge in [0.1, 0.15) is 5.82 Å². The Morgan fingerprint density at radius 2 is 1.70 bits per heavy atom. The summed E-state index contributed by atoms with van der Waals surface area (Å²) in [7, 11) is 0. The summed E-state index contributed by atoms with van der Waals surface area (Å²) in [5.74, 6) is 0.0534. The number of aliphatic hydroxyl groups is 1. The number of aliphatic hydroxyl groups excluding tert-OH is 1. The highest BCUT2D eigenvalue weighted by Gasteiger charge is 2.11. The van der Waals surface area contributed by atoms with Crippen LogP contribution < -0.4 is 0 Å². The molecule has 0 saturated carbocycles. The molecule has 106 valence electrons. The van der Waals surface area contributed by atoms with E-state index in [4.69, 9.17) is 11.6 Å². The molecule has 0 radical (unpaired) electrons. The van der Waals surface area contributed by atoms with E-state index in [0.717, 1.165) is 5.56 Å². The fourth-order valence-corrected chi connectivity index (χ4v) is 2.38. The molecule has 0 aromatic heterocycles. The van der Waals surface area contributed by atoms with Gasteiger partial charge in [-0.2, -0.15) is 0 Å². The Morgan fingerprint density at radius 1 is 1.05 bits per heavy atom. The van der Waals surface area contributed by atoms with Crippen molar-refractivity contribution in [3.8, 4) is 0 Å². The van der Waals surface area contributed by atoms with Gasteiger partial charge in [-0.05, 0) is 40.8 Å². The zero-order valence-corrected chi connectivity index (χ0v) is 12.4. The Kier molecular flexibility index (Phi) is 4.79. The van der Waals surface area contributed by atoms with Crippen molar-refractivity contribution in [2.75, 3.05) is 0 Å². The minimum absolute atomic E-state index is 0.300. The summed E-state index contributed by atoms with van der Waals surface area (Å²) < 4.78 is 13.3. The van der Waals surface area contributed by atoms with Crippen LogP contribution in [-0.2, 0) is 6.42 Å². The molecule has 0 saturated heterocycles. The highest BCUT2D eigenvalue weighted by molar-refractivity contribution is 6.30. The Morgan fingerprint density at radius 3 is 2.25 bits per heavy atom. The van der Waals surface area contributed by atoms with Crippen LogP contribution in [0.25, 0.3) is 0 Å². The largest absolute Gasteiger partial charge is 0.388 e. The van der Waals surface area contributed by atoms with Gasteiger partial charge in [0.05, 0.1) is 6.10 Å². The van der Waals surface area contributed by atoms with Gasteiger partial charge in [-0.1, -0.05) is 49.7 Å². The van der Waals surface area contributed by atoms with E-state index in [1.54, 1.807) is 6.07 Å². The Balaban J connectivity index is 2.12. The molecule has 2 aromatic rings. The fourth-order valence-electron chi connectivity index (χ4n) is 2.15. The maximum atomic E-state index is 13.3. The van der Waals surface area contributed by atoms with Crippen molar-refractivity contribution in [1.82, 2.24) is 0 Å². The standard InChI is InChI=1S/C17H18ClFO/c1-11(2)13-5-3-12(4-6-13)7-17(20)14-8-15(18)10-16(19)9-14/h3-6,8-11,17,20H,7H2,1-2H3. The molecule has 0 spiro atoms. The van der Waals surface area contributed by atoms with Gasteiger partial charge in [0.15, 0.2) is 0 Å². The van der Waals surface area contributed by atoms with E-state index in [9.17, 15) is 9.50 Å². The molecule has 1 unspecified atom stereocenters. The summed E-state index contributed by atoms with van der Waals surface area (Å²) >= 11 is 5.80. The highest BCUT2D eigenvalue weighted by Crippen LogP contribution is 2.24. The average Bonchev–Trinajstić information content (AvgIpc) is 2.38. The molecule has 0 fully saturated rings. The van der Waals surface area contributed by atoms with Crippen molar-refractivity contribution in [2.24, 2.45) is 0 Å². The van der Waals surface area contributed by atoms with E-state index in [1.807, 2.05) is 12.1 Å². The van der Waals surface area contributed by atoms with Crippen LogP contribution in [0.2, 0.25) is 5.02 Å². The van der Waals surface area contributed by atoms with Crippen LogP contribution in [0, 0.1) is 5.82 Å². The van der Waals surface area contributed by atoms with Gasteiger partial charge in [0.2, 0.25) is 0 Å². The van der Waals surface area contributed by atoms with Crippen LogP contribution in [0.1, 0.15) is 42.6 Å². The fraction of sp³-hybridized carbons (Fsp3) is 0.294. The Bertz CT molecular complexity index is 558. The minimum atomic E-state index is -0.756. The summed E-state index contributed by atoms with van der Waals surface area (Å²) in [4.78, 5) is 0. The van der Waals surface area contributed by atoms with E-state index in [2.05, 4.69) is 26.0 Å².